The van der Waals surface area contributed by atoms with Crippen molar-refractivity contribution in [2.75, 3.05) is 6.61 Å². The Hall–Kier alpha value is -2.34. The molecule has 1 aromatic carbocycles. The lowest BCUT2D eigenvalue weighted by Gasteiger charge is -2.09. The van der Waals surface area contributed by atoms with Crippen LogP contribution in [0.25, 0.3) is 10.9 Å². The van der Waals surface area contributed by atoms with Crippen LogP contribution in [0.1, 0.15) is 35.7 Å². The fourth-order valence-corrected chi connectivity index (χ4v) is 2.30. The molecular formula is C16H20N2O4. The summed E-state index contributed by atoms with van der Waals surface area (Å²) in [6, 6.07) is 4.26. The van der Waals surface area contributed by atoms with Gasteiger partial charge >= 0.3 is 11.9 Å². The van der Waals surface area contributed by atoms with Crippen LogP contribution in [0.15, 0.2) is 24.4 Å². The number of esters is 1. The molecule has 2 rings (SSSR count). The Balaban J connectivity index is 2.32. The molecule has 0 saturated heterocycles. The number of ether oxygens (including phenoxy) is 1. The highest BCUT2D eigenvalue weighted by atomic mass is 16.5. The van der Waals surface area contributed by atoms with Crippen molar-refractivity contribution in [2.45, 2.75) is 32.2 Å². The number of carbonyl (C=O) groups excluding carboxylic acids is 1. The number of aliphatic carboxylic acids is 1. The van der Waals surface area contributed by atoms with Gasteiger partial charge in [-0.1, -0.05) is 19.4 Å². The van der Waals surface area contributed by atoms with Gasteiger partial charge in [0, 0.05) is 23.5 Å². The first-order valence-electron chi connectivity index (χ1n) is 7.29. The zero-order chi connectivity index (χ0) is 16.1. The average Bonchev–Trinajstić information content (AvgIpc) is 2.90. The number of nitrogens with one attached hydrogen (secondary N) is 1. The third-order valence-electron chi connectivity index (χ3n) is 3.50. The molecule has 1 heterocycles. The molecule has 22 heavy (non-hydrogen) atoms. The van der Waals surface area contributed by atoms with E-state index in [1.807, 2.05) is 13.0 Å². The summed E-state index contributed by atoms with van der Waals surface area (Å²) in [5.41, 5.74) is 7.49. The first-order chi connectivity index (χ1) is 10.5. The molecule has 0 bridgehead atoms. The summed E-state index contributed by atoms with van der Waals surface area (Å²) in [7, 11) is 0. The highest BCUT2D eigenvalue weighted by molar-refractivity contribution is 6.05. The van der Waals surface area contributed by atoms with Crippen molar-refractivity contribution in [2.24, 2.45) is 5.73 Å². The van der Waals surface area contributed by atoms with Crippen molar-refractivity contribution in [3.8, 4) is 0 Å². The van der Waals surface area contributed by atoms with E-state index in [9.17, 15) is 9.59 Å². The molecule has 0 amide bonds. The summed E-state index contributed by atoms with van der Waals surface area (Å²) >= 11 is 0. The number of unbranched alkanes of at least 4 members (excludes halogenated alkanes) is 1. The molecule has 0 fully saturated rings. The van der Waals surface area contributed by atoms with Crippen LogP contribution in [0.2, 0.25) is 0 Å². The fourth-order valence-electron chi connectivity index (χ4n) is 2.30. The van der Waals surface area contributed by atoms with Crippen LogP contribution in [0.4, 0.5) is 0 Å². The third-order valence-corrected chi connectivity index (χ3v) is 3.50. The summed E-state index contributed by atoms with van der Waals surface area (Å²) in [4.78, 5) is 26.2. The van der Waals surface area contributed by atoms with Gasteiger partial charge in [0.25, 0.3) is 0 Å². The molecule has 0 aliphatic carbocycles. The number of H-pyrrole nitrogens is 1. The van der Waals surface area contributed by atoms with Crippen molar-refractivity contribution < 1.29 is 19.4 Å². The van der Waals surface area contributed by atoms with E-state index in [1.165, 1.54) is 0 Å². The molecule has 1 aromatic heterocycles. The van der Waals surface area contributed by atoms with Crippen molar-refractivity contribution in [1.29, 1.82) is 0 Å². The predicted molar refractivity (Wildman–Crippen MR) is 82.8 cm³/mol. The molecule has 6 nitrogen and oxygen atoms in total. The van der Waals surface area contributed by atoms with Gasteiger partial charge in [0.05, 0.1) is 12.2 Å². The largest absolute Gasteiger partial charge is 0.480 e. The average molecular weight is 304 g/mol. The number of aromatic amines is 1. The summed E-state index contributed by atoms with van der Waals surface area (Å²) in [6.45, 7) is 2.40. The molecule has 118 valence electrons. The second-order valence-corrected chi connectivity index (χ2v) is 5.18. The van der Waals surface area contributed by atoms with E-state index in [1.54, 1.807) is 18.3 Å². The van der Waals surface area contributed by atoms with Gasteiger partial charge in [-0.25, -0.2) is 4.79 Å². The van der Waals surface area contributed by atoms with Crippen LogP contribution in [-0.2, 0) is 16.0 Å². The Morgan fingerprint density at radius 2 is 2.18 bits per heavy atom. The minimum atomic E-state index is -1.07. The van der Waals surface area contributed by atoms with E-state index >= 15 is 0 Å². The number of carboxylic acids is 1. The number of carbonyl (C=O) groups is 2. The molecule has 0 radical (unpaired) electrons. The van der Waals surface area contributed by atoms with E-state index in [2.05, 4.69) is 4.98 Å². The Labute approximate surface area is 128 Å². The van der Waals surface area contributed by atoms with Crippen LogP contribution in [0.3, 0.4) is 0 Å². The summed E-state index contributed by atoms with van der Waals surface area (Å²) in [6.07, 6.45) is 3.59. The number of aromatic nitrogens is 1. The van der Waals surface area contributed by atoms with Crippen molar-refractivity contribution >= 4 is 22.8 Å². The number of rotatable bonds is 7. The Morgan fingerprint density at radius 3 is 2.86 bits per heavy atom. The highest BCUT2D eigenvalue weighted by Gasteiger charge is 2.19. The smallest absolute Gasteiger partial charge is 0.338 e. The van der Waals surface area contributed by atoms with Crippen LogP contribution < -0.4 is 5.73 Å². The lowest BCUT2D eigenvalue weighted by Crippen LogP contribution is -2.32. The van der Waals surface area contributed by atoms with E-state index < -0.39 is 18.0 Å². The number of hydrogen-bond donors (Lipinski definition) is 3. The van der Waals surface area contributed by atoms with E-state index in [0.717, 1.165) is 18.4 Å². The Bertz CT molecular complexity index is 678. The normalized spacial score (nSPS) is 12.3. The topological polar surface area (TPSA) is 105 Å². The van der Waals surface area contributed by atoms with Gasteiger partial charge in [0.15, 0.2) is 0 Å². The lowest BCUT2D eigenvalue weighted by molar-refractivity contribution is -0.138. The number of hydrogen-bond acceptors (Lipinski definition) is 4. The number of carboxylic acid groups (broad SMARTS) is 1. The van der Waals surface area contributed by atoms with Crippen LogP contribution in [0.5, 0.6) is 0 Å². The Morgan fingerprint density at radius 1 is 1.41 bits per heavy atom. The Kier molecular flexibility index (Phi) is 5.16. The molecule has 1 atom stereocenters. The standard InChI is InChI=1S/C16H20N2O4/c1-2-3-7-22-16(21)11-5-4-6-13-14(11)10(9-18-13)8-12(17)15(19)20/h4-6,9,12,18H,2-3,7-8,17H2,1H3,(H,19,20)/t12-/m1/s1. The highest BCUT2D eigenvalue weighted by Crippen LogP contribution is 2.24. The van der Waals surface area contributed by atoms with Gasteiger partial charge < -0.3 is 20.6 Å². The molecule has 0 aliphatic heterocycles. The van der Waals surface area contributed by atoms with Gasteiger partial charge in [0.1, 0.15) is 6.04 Å². The third kappa shape index (κ3) is 3.46. The van der Waals surface area contributed by atoms with Gasteiger partial charge in [-0.3, -0.25) is 4.79 Å². The maximum atomic E-state index is 12.2. The summed E-state index contributed by atoms with van der Waals surface area (Å²) in [5.74, 6) is -1.47. The molecule has 4 N–H and O–H groups in total. The monoisotopic (exact) mass is 304 g/mol. The number of benzene rings is 1. The zero-order valence-electron chi connectivity index (χ0n) is 12.5. The fraction of sp³-hybridized carbons (Fsp3) is 0.375. The quantitative estimate of drug-likeness (QED) is 0.536. The van der Waals surface area contributed by atoms with Gasteiger partial charge in [-0.05, 0) is 24.1 Å². The summed E-state index contributed by atoms with van der Waals surface area (Å²) in [5, 5.41) is 9.63. The minimum absolute atomic E-state index is 0.147. The molecular weight excluding hydrogens is 284 g/mol. The first-order valence-corrected chi connectivity index (χ1v) is 7.29. The predicted octanol–water partition coefficient (Wildman–Crippen LogP) is 2.08. The van der Waals surface area contributed by atoms with Crippen molar-refractivity contribution in [3.63, 3.8) is 0 Å². The van der Waals surface area contributed by atoms with E-state index in [4.69, 9.17) is 15.6 Å². The van der Waals surface area contributed by atoms with Gasteiger partial charge in [-0.15, -0.1) is 0 Å². The van der Waals surface area contributed by atoms with Crippen molar-refractivity contribution in [3.05, 3.63) is 35.5 Å². The molecule has 0 aliphatic rings. The van der Waals surface area contributed by atoms with E-state index in [0.29, 0.717) is 23.1 Å². The van der Waals surface area contributed by atoms with Crippen LogP contribution >= 0.6 is 0 Å². The zero-order valence-corrected chi connectivity index (χ0v) is 12.5. The van der Waals surface area contributed by atoms with Crippen LogP contribution in [0, 0.1) is 0 Å². The maximum absolute atomic E-state index is 12.2. The SMILES string of the molecule is CCCCOC(=O)c1cccc2[nH]cc(C[C@@H](N)C(=O)O)c12. The van der Waals surface area contributed by atoms with Gasteiger partial charge in [-0.2, -0.15) is 0 Å². The molecule has 6 heteroatoms. The molecule has 0 unspecified atom stereocenters. The van der Waals surface area contributed by atoms with E-state index in [-0.39, 0.29) is 6.42 Å². The lowest BCUT2D eigenvalue weighted by atomic mass is 10.0. The first kappa shape index (κ1) is 16.0. The second-order valence-electron chi connectivity index (χ2n) is 5.18. The summed E-state index contributed by atoms with van der Waals surface area (Å²) < 4.78 is 5.25. The molecule has 0 saturated carbocycles. The maximum Gasteiger partial charge on any atom is 0.338 e. The van der Waals surface area contributed by atoms with Crippen molar-refractivity contribution in [1.82, 2.24) is 4.98 Å². The molecule has 0 spiro atoms. The van der Waals surface area contributed by atoms with Gasteiger partial charge in [0.2, 0.25) is 0 Å². The molecule has 2 aromatic rings. The number of nitrogens with two attached hydrogens (primary N) is 1. The second kappa shape index (κ2) is 7.09. The minimum Gasteiger partial charge on any atom is -0.480 e. The number of fused-ring (bicyclic) bond motifs is 1. The van der Waals surface area contributed by atoms with Crippen LogP contribution in [-0.4, -0.2) is 34.7 Å².